The number of ether oxygens (including phenoxy) is 1. The summed E-state index contributed by atoms with van der Waals surface area (Å²) in [5.41, 5.74) is 0.905. The molecule has 2 N–H and O–H groups in total. The summed E-state index contributed by atoms with van der Waals surface area (Å²) < 4.78 is 5.15. The molecule has 0 spiro atoms. The molecule has 4 heteroatoms. The molecule has 1 aliphatic heterocycles. The van der Waals surface area contributed by atoms with Gasteiger partial charge in [0.1, 0.15) is 5.75 Å². The van der Waals surface area contributed by atoms with Crippen molar-refractivity contribution in [3.8, 4) is 5.75 Å². The predicted octanol–water partition coefficient (Wildman–Crippen LogP) is 1.82. The van der Waals surface area contributed by atoms with E-state index < -0.39 is 6.10 Å². The first-order valence-corrected chi connectivity index (χ1v) is 7.08. The highest BCUT2D eigenvalue weighted by atomic mass is 32.2. The third kappa shape index (κ3) is 3.63. The standard InChI is InChI=1S/C13H19NO2S/c1-16-12-4-2-3-10(7-12)13(15)8-14-11-5-6-17-9-11/h2-4,7,11,13-15H,5-6,8-9H2,1H3. The lowest BCUT2D eigenvalue weighted by Gasteiger charge is -2.16. The van der Waals surface area contributed by atoms with E-state index in [9.17, 15) is 5.11 Å². The molecule has 1 heterocycles. The zero-order valence-corrected chi connectivity index (χ0v) is 10.9. The minimum Gasteiger partial charge on any atom is -0.497 e. The lowest BCUT2D eigenvalue weighted by Crippen LogP contribution is -2.32. The summed E-state index contributed by atoms with van der Waals surface area (Å²) in [6.07, 6.45) is 0.742. The van der Waals surface area contributed by atoms with E-state index >= 15 is 0 Å². The predicted molar refractivity (Wildman–Crippen MR) is 71.7 cm³/mol. The van der Waals surface area contributed by atoms with Crippen molar-refractivity contribution in [1.82, 2.24) is 5.32 Å². The lowest BCUT2D eigenvalue weighted by atomic mass is 10.1. The highest BCUT2D eigenvalue weighted by Gasteiger charge is 2.16. The Labute approximate surface area is 107 Å². The Morgan fingerprint density at radius 3 is 3.18 bits per heavy atom. The molecule has 2 atom stereocenters. The Hall–Kier alpha value is -0.710. The van der Waals surface area contributed by atoms with Crippen LogP contribution in [-0.2, 0) is 0 Å². The number of nitrogens with one attached hydrogen (secondary N) is 1. The molecule has 0 amide bonds. The van der Waals surface area contributed by atoms with E-state index in [1.807, 2.05) is 36.0 Å². The van der Waals surface area contributed by atoms with Crippen LogP contribution in [0.5, 0.6) is 5.75 Å². The largest absolute Gasteiger partial charge is 0.497 e. The van der Waals surface area contributed by atoms with Gasteiger partial charge in [-0.25, -0.2) is 0 Å². The topological polar surface area (TPSA) is 41.5 Å². The SMILES string of the molecule is COc1cccc(C(O)CNC2CCSC2)c1. The summed E-state index contributed by atoms with van der Waals surface area (Å²) in [7, 11) is 1.64. The van der Waals surface area contributed by atoms with Crippen LogP contribution in [-0.4, -0.2) is 36.3 Å². The Morgan fingerprint density at radius 2 is 2.47 bits per heavy atom. The van der Waals surface area contributed by atoms with E-state index in [0.717, 1.165) is 17.1 Å². The summed E-state index contributed by atoms with van der Waals surface area (Å²) in [4.78, 5) is 0. The maximum Gasteiger partial charge on any atom is 0.119 e. The van der Waals surface area contributed by atoms with E-state index in [4.69, 9.17) is 4.74 Å². The third-order valence-corrected chi connectivity index (χ3v) is 4.17. The fourth-order valence-corrected chi connectivity index (χ4v) is 3.13. The van der Waals surface area contributed by atoms with Gasteiger partial charge in [-0.15, -0.1) is 0 Å². The zero-order chi connectivity index (χ0) is 12.1. The van der Waals surface area contributed by atoms with Crippen LogP contribution in [0.2, 0.25) is 0 Å². The fraction of sp³-hybridized carbons (Fsp3) is 0.538. The van der Waals surface area contributed by atoms with Crippen molar-refractivity contribution in [3.63, 3.8) is 0 Å². The molecule has 0 aromatic heterocycles. The maximum atomic E-state index is 10.1. The number of aliphatic hydroxyl groups excluding tert-OH is 1. The van der Waals surface area contributed by atoms with Gasteiger partial charge in [-0.05, 0) is 29.9 Å². The fourth-order valence-electron chi connectivity index (χ4n) is 1.94. The second-order valence-electron chi connectivity index (χ2n) is 4.26. The molecule has 3 nitrogen and oxygen atoms in total. The Bertz CT molecular complexity index is 353. The van der Waals surface area contributed by atoms with E-state index in [-0.39, 0.29) is 0 Å². The van der Waals surface area contributed by atoms with Crippen LogP contribution in [0.15, 0.2) is 24.3 Å². The van der Waals surface area contributed by atoms with Crippen molar-refractivity contribution in [2.24, 2.45) is 0 Å². The monoisotopic (exact) mass is 253 g/mol. The first-order chi connectivity index (χ1) is 8.29. The molecular weight excluding hydrogens is 234 g/mol. The molecule has 2 unspecified atom stereocenters. The van der Waals surface area contributed by atoms with Gasteiger partial charge in [0, 0.05) is 18.3 Å². The number of benzene rings is 1. The van der Waals surface area contributed by atoms with Crippen molar-refractivity contribution in [3.05, 3.63) is 29.8 Å². The highest BCUT2D eigenvalue weighted by molar-refractivity contribution is 7.99. The van der Waals surface area contributed by atoms with Crippen LogP contribution < -0.4 is 10.1 Å². The maximum absolute atomic E-state index is 10.1. The molecule has 0 saturated carbocycles. The van der Waals surface area contributed by atoms with Crippen molar-refractivity contribution >= 4 is 11.8 Å². The second-order valence-corrected chi connectivity index (χ2v) is 5.41. The third-order valence-electron chi connectivity index (χ3n) is 3.01. The number of thioether (sulfide) groups is 1. The first-order valence-electron chi connectivity index (χ1n) is 5.92. The molecule has 0 bridgehead atoms. The number of methoxy groups -OCH3 is 1. The van der Waals surface area contributed by atoms with Crippen LogP contribution in [0.1, 0.15) is 18.1 Å². The van der Waals surface area contributed by atoms with E-state index in [0.29, 0.717) is 12.6 Å². The molecular formula is C13H19NO2S. The minimum atomic E-state index is -0.462. The van der Waals surface area contributed by atoms with Gasteiger partial charge in [0.25, 0.3) is 0 Å². The average molecular weight is 253 g/mol. The summed E-state index contributed by atoms with van der Waals surface area (Å²) in [6.45, 7) is 0.610. The molecule has 1 saturated heterocycles. The van der Waals surface area contributed by atoms with Crippen LogP contribution >= 0.6 is 11.8 Å². The van der Waals surface area contributed by atoms with Crippen molar-refractivity contribution in [2.75, 3.05) is 25.2 Å². The molecule has 94 valence electrons. The Morgan fingerprint density at radius 1 is 1.59 bits per heavy atom. The van der Waals surface area contributed by atoms with Gasteiger partial charge in [0.15, 0.2) is 0 Å². The number of rotatable bonds is 5. The number of hydrogen-bond acceptors (Lipinski definition) is 4. The van der Waals surface area contributed by atoms with Crippen LogP contribution in [0.4, 0.5) is 0 Å². The second kappa shape index (κ2) is 6.28. The zero-order valence-electron chi connectivity index (χ0n) is 10.1. The van der Waals surface area contributed by atoms with Crippen molar-refractivity contribution in [1.29, 1.82) is 0 Å². The van der Waals surface area contributed by atoms with Gasteiger partial charge in [0.2, 0.25) is 0 Å². The van der Waals surface area contributed by atoms with E-state index in [1.165, 1.54) is 12.2 Å². The van der Waals surface area contributed by atoms with Crippen LogP contribution in [0.25, 0.3) is 0 Å². The number of hydrogen-bond donors (Lipinski definition) is 2. The molecule has 1 fully saturated rings. The number of aliphatic hydroxyl groups is 1. The quantitative estimate of drug-likeness (QED) is 0.840. The summed E-state index contributed by atoms with van der Waals surface area (Å²) in [5.74, 6) is 3.18. The first kappa shape index (κ1) is 12.7. The smallest absolute Gasteiger partial charge is 0.119 e. The Balaban J connectivity index is 1.87. The molecule has 0 radical (unpaired) electrons. The van der Waals surface area contributed by atoms with Crippen molar-refractivity contribution < 1.29 is 9.84 Å². The molecule has 2 rings (SSSR count). The van der Waals surface area contributed by atoms with Crippen LogP contribution in [0.3, 0.4) is 0 Å². The molecule has 1 aliphatic rings. The average Bonchev–Trinajstić information content (AvgIpc) is 2.89. The highest BCUT2D eigenvalue weighted by Crippen LogP contribution is 2.20. The van der Waals surface area contributed by atoms with E-state index in [2.05, 4.69) is 5.32 Å². The molecule has 17 heavy (non-hydrogen) atoms. The van der Waals surface area contributed by atoms with Crippen LogP contribution in [0, 0.1) is 0 Å². The minimum absolute atomic E-state index is 0.462. The summed E-state index contributed by atoms with van der Waals surface area (Å²) in [6, 6.07) is 8.16. The molecule has 0 aliphatic carbocycles. The van der Waals surface area contributed by atoms with Gasteiger partial charge < -0.3 is 15.2 Å². The van der Waals surface area contributed by atoms with Gasteiger partial charge in [0.05, 0.1) is 13.2 Å². The molecule has 1 aromatic carbocycles. The Kier molecular flexibility index (Phi) is 4.71. The van der Waals surface area contributed by atoms with Gasteiger partial charge in [-0.1, -0.05) is 12.1 Å². The van der Waals surface area contributed by atoms with Gasteiger partial charge >= 0.3 is 0 Å². The summed E-state index contributed by atoms with van der Waals surface area (Å²) in [5, 5.41) is 13.5. The van der Waals surface area contributed by atoms with Gasteiger partial charge in [-0.3, -0.25) is 0 Å². The van der Waals surface area contributed by atoms with E-state index in [1.54, 1.807) is 7.11 Å². The molecule has 1 aromatic rings. The normalized spacial score (nSPS) is 21.4. The summed E-state index contributed by atoms with van der Waals surface area (Å²) >= 11 is 1.97. The van der Waals surface area contributed by atoms with Gasteiger partial charge in [-0.2, -0.15) is 11.8 Å². The lowest BCUT2D eigenvalue weighted by molar-refractivity contribution is 0.170. The van der Waals surface area contributed by atoms with Crippen molar-refractivity contribution in [2.45, 2.75) is 18.6 Å².